The maximum atomic E-state index is 2.66. The molecule has 0 N–H and O–H groups in total. The summed E-state index contributed by atoms with van der Waals surface area (Å²) >= 11 is 5.87. The molecule has 0 fully saturated rings. The Morgan fingerprint density at radius 1 is 0.333 bits per heavy atom. The second-order valence-electron chi connectivity index (χ2n) is 26.6. The van der Waals surface area contributed by atoms with Crippen LogP contribution in [0.5, 0.6) is 0 Å². The standard InChI is InChI=1S/C74H68BN3S3/c1-71(2,3)47-31-27-45(28-32-47)54-19-17-21-56-65-69(80-67(54)56)75-64-60(77(65)51-39-35-49(36-40-51)73(7,8)9)43-53(76-58-23-13-15-25-62(58)79-63-26-16-14-24-59(63)76)44-61(64)78(52-41-37-50(38-42-52)74(10,11)12)66-57-22-18-20-55(68(57)81-70(66)75)46-29-33-48(34-30-46)72(4,5)6/h13-44H,1-12H3. The number of nitrogens with zero attached hydrogens (tertiary/aromatic N) is 3. The van der Waals surface area contributed by atoms with Gasteiger partial charge in [0.2, 0.25) is 0 Å². The lowest BCUT2D eigenvalue weighted by Gasteiger charge is -2.43. The molecule has 5 heterocycles. The van der Waals surface area contributed by atoms with Gasteiger partial charge in [0.15, 0.2) is 0 Å². The van der Waals surface area contributed by atoms with Gasteiger partial charge in [-0.2, -0.15) is 0 Å². The van der Waals surface area contributed by atoms with Gasteiger partial charge in [-0.15, -0.1) is 22.7 Å². The summed E-state index contributed by atoms with van der Waals surface area (Å²) < 4.78 is 5.38. The number of para-hydroxylation sites is 2. The maximum absolute atomic E-state index is 2.66. The Morgan fingerprint density at radius 3 is 1.06 bits per heavy atom. The van der Waals surface area contributed by atoms with Gasteiger partial charge >= 0.3 is 0 Å². The van der Waals surface area contributed by atoms with Crippen molar-refractivity contribution in [2.75, 3.05) is 14.7 Å². The third-order valence-electron chi connectivity index (χ3n) is 17.1. The van der Waals surface area contributed by atoms with Gasteiger partial charge in [0.05, 0.1) is 28.4 Å². The fraction of sp³-hybridized carbons (Fsp3) is 0.216. The molecule has 0 spiro atoms. The van der Waals surface area contributed by atoms with Crippen LogP contribution >= 0.6 is 34.4 Å². The predicted molar refractivity (Wildman–Crippen MR) is 356 cm³/mol. The molecule has 81 heavy (non-hydrogen) atoms. The number of fused-ring (bicyclic) bond motifs is 10. The van der Waals surface area contributed by atoms with E-state index in [1.54, 1.807) is 0 Å². The van der Waals surface area contributed by atoms with Crippen molar-refractivity contribution >= 4 is 128 Å². The Morgan fingerprint density at radius 2 is 0.691 bits per heavy atom. The van der Waals surface area contributed by atoms with E-state index in [2.05, 4.69) is 292 Å². The molecule has 0 radical (unpaired) electrons. The Balaban J connectivity index is 1.12. The Hall–Kier alpha value is -7.29. The highest BCUT2D eigenvalue weighted by Crippen LogP contribution is 2.57. The molecule has 9 aromatic carbocycles. The van der Waals surface area contributed by atoms with Crippen molar-refractivity contribution in [3.05, 3.63) is 216 Å². The fourth-order valence-electron chi connectivity index (χ4n) is 12.6. The third kappa shape index (κ3) is 8.51. The lowest BCUT2D eigenvalue weighted by Crippen LogP contribution is -2.59. The molecule has 400 valence electrons. The topological polar surface area (TPSA) is 9.72 Å². The van der Waals surface area contributed by atoms with E-state index in [0.717, 1.165) is 17.1 Å². The predicted octanol–water partition coefficient (Wildman–Crippen LogP) is 20.7. The average molecular weight is 1110 g/mol. The summed E-state index contributed by atoms with van der Waals surface area (Å²) in [5, 5.41) is 2.55. The first kappa shape index (κ1) is 51.8. The highest BCUT2D eigenvalue weighted by molar-refractivity contribution is 7.99. The molecule has 3 aliphatic rings. The van der Waals surface area contributed by atoms with Crippen LogP contribution in [0.25, 0.3) is 42.4 Å². The fourth-order valence-corrected chi connectivity index (χ4v) is 16.6. The van der Waals surface area contributed by atoms with Crippen LogP contribution in [0.3, 0.4) is 0 Å². The Bertz CT molecular complexity index is 4020. The van der Waals surface area contributed by atoms with Crippen molar-refractivity contribution < 1.29 is 0 Å². The second kappa shape index (κ2) is 18.6. The van der Waals surface area contributed by atoms with Gasteiger partial charge in [-0.3, -0.25) is 0 Å². The van der Waals surface area contributed by atoms with Crippen LogP contribution in [0.4, 0.5) is 51.2 Å². The van der Waals surface area contributed by atoms with Gasteiger partial charge in [0.25, 0.3) is 6.71 Å². The van der Waals surface area contributed by atoms with E-state index in [1.807, 2.05) is 34.4 Å². The monoisotopic (exact) mass is 1110 g/mol. The average Bonchev–Trinajstić information content (AvgIpc) is 2.09. The van der Waals surface area contributed by atoms with E-state index in [4.69, 9.17) is 0 Å². The highest BCUT2D eigenvalue weighted by atomic mass is 32.2. The van der Waals surface area contributed by atoms with Crippen LogP contribution in [-0.4, -0.2) is 6.71 Å². The van der Waals surface area contributed by atoms with E-state index in [0.29, 0.717) is 0 Å². The molecule has 0 saturated heterocycles. The number of anilines is 9. The quantitative estimate of drug-likeness (QED) is 0.159. The van der Waals surface area contributed by atoms with E-state index in [-0.39, 0.29) is 28.4 Å². The molecule has 0 aliphatic carbocycles. The van der Waals surface area contributed by atoms with E-state index in [9.17, 15) is 0 Å². The Labute approximate surface area is 492 Å². The second-order valence-corrected chi connectivity index (χ2v) is 29.8. The minimum atomic E-state index is -0.0669. The molecular formula is C74H68BN3S3. The molecule has 2 aromatic heterocycles. The largest absolute Gasteiger partial charge is 0.310 e. The van der Waals surface area contributed by atoms with Crippen LogP contribution in [-0.2, 0) is 21.7 Å². The van der Waals surface area contributed by atoms with Gasteiger partial charge in [-0.25, -0.2) is 0 Å². The van der Waals surface area contributed by atoms with Gasteiger partial charge in [-0.1, -0.05) is 228 Å². The van der Waals surface area contributed by atoms with Crippen LogP contribution in [0.2, 0.25) is 0 Å². The number of rotatable bonds is 5. The molecular weight excluding hydrogens is 1040 g/mol. The molecule has 14 rings (SSSR count). The third-order valence-corrected chi connectivity index (χ3v) is 20.8. The molecule has 3 aliphatic heterocycles. The van der Waals surface area contributed by atoms with Gasteiger partial charge < -0.3 is 14.7 Å². The molecule has 0 bridgehead atoms. The first-order chi connectivity index (χ1) is 38.7. The number of hydrogen-bond acceptors (Lipinski definition) is 6. The molecule has 0 saturated carbocycles. The molecule has 7 heteroatoms. The zero-order chi connectivity index (χ0) is 56.1. The van der Waals surface area contributed by atoms with Crippen molar-refractivity contribution in [1.82, 2.24) is 0 Å². The van der Waals surface area contributed by atoms with Crippen molar-refractivity contribution in [3.63, 3.8) is 0 Å². The molecule has 0 amide bonds. The minimum Gasteiger partial charge on any atom is -0.310 e. The van der Waals surface area contributed by atoms with Crippen LogP contribution < -0.4 is 29.7 Å². The first-order valence-corrected chi connectivity index (χ1v) is 31.1. The number of hydrogen-bond donors (Lipinski definition) is 0. The summed E-state index contributed by atoms with van der Waals surface area (Å²) in [6, 6.07) is 74.9. The summed E-state index contributed by atoms with van der Waals surface area (Å²) in [5.74, 6) is 0. The summed E-state index contributed by atoms with van der Waals surface area (Å²) in [5.41, 5.74) is 22.5. The summed E-state index contributed by atoms with van der Waals surface area (Å²) in [4.78, 5) is 10.3. The van der Waals surface area contributed by atoms with Crippen molar-refractivity contribution in [2.45, 2.75) is 115 Å². The van der Waals surface area contributed by atoms with E-state index < -0.39 is 0 Å². The summed E-state index contributed by atoms with van der Waals surface area (Å²) in [6.07, 6.45) is 0. The van der Waals surface area contributed by atoms with Crippen LogP contribution in [0.1, 0.15) is 105 Å². The van der Waals surface area contributed by atoms with Crippen molar-refractivity contribution in [3.8, 4) is 22.3 Å². The summed E-state index contributed by atoms with van der Waals surface area (Å²) in [6.45, 7) is 27.7. The van der Waals surface area contributed by atoms with Gasteiger partial charge in [-0.05, 0) is 132 Å². The van der Waals surface area contributed by atoms with Crippen LogP contribution in [0, 0.1) is 0 Å². The maximum Gasteiger partial charge on any atom is 0.277 e. The normalized spacial score (nSPS) is 14.0. The van der Waals surface area contributed by atoms with Gasteiger partial charge in [0.1, 0.15) is 0 Å². The van der Waals surface area contributed by atoms with E-state index in [1.165, 1.54) is 124 Å². The zero-order valence-corrected chi connectivity index (χ0v) is 51.1. The number of thiophene rings is 2. The van der Waals surface area contributed by atoms with Crippen LogP contribution in [0.15, 0.2) is 204 Å². The SMILES string of the molecule is CC(C)(C)c1ccc(-c2cccc3c4c(sc23)B2c3sc5c(-c6ccc(C(C)(C)C)cc6)cccc5c3N(c3ccc(C(C)(C)C)cc3)c3cc(N5c6ccccc6Sc6ccccc65)cc(c32)N4c2ccc(C(C)(C)C)cc2)cc1. The zero-order valence-electron chi connectivity index (χ0n) is 48.6. The first-order valence-electron chi connectivity index (χ1n) is 28.7. The van der Waals surface area contributed by atoms with Gasteiger partial charge in [0, 0.05) is 62.3 Å². The van der Waals surface area contributed by atoms with Crippen molar-refractivity contribution in [2.24, 2.45) is 0 Å². The smallest absolute Gasteiger partial charge is 0.277 e. The van der Waals surface area contributed by atoms with E-state index >= 15 is 0 Å². The Kier molecular flexibility index (Phi) is 11.9. The molecule has 0 unspecified atom stereocenters. The molecule has 3 nitrogen and oxygen atoms in total. The van der Waals surface area contributed by atoms with Crippen molar-refractivity contribution in [1.29, 1.82) is 0 Å². The number of benzene rings is 9. The molecule has 0 atom stereocenters. The highest BCUT2D eigenvalue weighted by Gasteiger charge is 2.48. The molecule has 11 aromatic rings. The minimum absolute atomic E-state index is 0.0105. The lowest BCUT2D eigenvalue weighted by atomic mass is 9.39. The summed E-state index contributed by atoms with van der Waals surface area (Å²) in [7, 11) is 0. The lowest BCUT2D eigenvalue weighted by molar-refractivity contribution is 0.590.